The third-order valence-electron chi connectivity index (χ3n) is 6.05. The first-order valence-electron chi connectivity index (χ1n) is 9.46. The monoisotopic (exact) mass is 362 g/mol. The summed E-state index contributed by atoms with van der Waals surface area (Å²) < 4.78 is 5.33. The second-order valence-corrected chi connectivity index (χ2v) is 7.84. The molecule has 2 heterocycles. The van der Waals surface area contributed by atoms with E-state index in [-0.39, 0.29) is 11.3 Å². The lowest BCUT2D eigenvalue weighted by molar-refractivity contribution is -0.118. The van der Waals surface area contributed by atoms with Crippen molar-refractivity contribution in [3.05, 3.63) is 65.2 Å². The van der Waals surface area contributed by atoms with Gasteiger partial charge in [-0.25, -0.2) is 0 Å². The summed E-state index contributed by atoms with van der Waals surface area (Å²) in [5.74, 6) is 0.882. The van der Waals surface area contributed by atoms with Gasteiger partial charge in [0.05, 0.1) is 13.7 Å². The topological polar surface area (TPSA) is 41.6 Å². The Morgan fingerprint density at radius 3 is 2.78 bits per heavy atom. The first-order chi connectivity index (χ1) is 12.9. The second kappa shape index (κ2) is 6.15. The number of amides is 1. The van der Waals surface area contributed by atoms with Crippen molar-refractivity contribution in [2.45, 2.75) is 38.3 Å². The Balaban J connectivity index is 1.81. The van der Waals surface area contributed by atoms with Crippen LogP contribution in [-0.2, 0) is 16.6 Å². The van der Waals surface area contributed by atoms with Crippen LogP contribution in [0, 0.1) is 0 Å². The quantitative estimate of drug-likeness (QED) is 0.897. The Bertz CT molecular complexity index is 932. The highest BCUT2D eigenvalue weighted by atomic mass is 16.5. The van der Waals surface area contributed by atoms with Gasteiger partial charge in [0.2, 0.25) is 5.91 Å². The molecule has 1 atom stereocenters. The van der Waals surface area contributed by atoms with E-state index in [0.29, 0.717) is 6.54 Å². The van der Waals surface area contributed by atoms with Gasteiger partial charge in [-0.15, -0.1) is 0 Å². The maximum absolute atomic E-state index is 12.4. The molecule has 140 valence electrons. The molecule has 2 aromatic carbocycles. The lowest BCUT2D eigenvalue weighted by Gasteiger charge is -2.40. The lowest BCUT2D eigenvalue weighted by Crippen LogP contribution is -2.58. The molecule has 2 aromatic rings. The van der Waals surface area contributed by atoms with Crippen LogP contribution in [0.5, 0.6) is 5.75 Å². The molecule has 2 aliphatic heterocycles. The highest BCUT2D eigenvalue weighted by Gasteiger charge is 2.59. The highest BCUT2D eigenvalue weighted by molar-refractivity contribution is 5.91. The summed E-state index contributed by atoms with van der Waals surface area (Å²) in [6.45, 7) is 6.98. The zero-order valence-corrected chi connectivity index (χ0v) is 16.4. The Labute approximate surface area is 160 Å². The number of fused-ring (bicyclic) bond motifs is 3. The molecule has 1 fully saturated rings. The Hall–Kier alpha value is -2.75. The third-order valence-corrected chi connectivity index (χ3v) is 6.05. The van der Waals surface area contributed by atoms with Gasteiger partial charge in [0.25, 0.3) is 0 Å². The van der Waals surface area contributed by atoms with E-state index in [4.69, 9.17) is 4.74 Å². The SMILES string of the molecule is CCc1ccc2c(c1)C(C)(C)C1(/C=C/c3cccc(OC)c3)NC(=O)CN21. The van der Waals surface area contributed by atoms with Gasteiger partial charge < -0.3 is 15.0 Å². The molecule has 0 aliphatic carbocycles. The van der Waals surface area contributed by atoms with E-state index in [1.165, 1.54) is 11.1 Å². The average Bonchev–Trinajstić information content (AvgIpc) is 3.10. The van der Waals surface area contributed by atoms with Crippen LogP contribution in [0.25, 0.3) is 6.08 Å². The van der Waals surface area contributed by atoms with Gasteiger partial charge in [0, 0.05) is 11.1 Å². The van der Waals surface area contributed by atoms with Crippen LogP contribution in [0.2, 0.25) is 0 Å². The second-order valence-electron chi connectivity index (χ2n) is 7.84. The van der Waals surface area contributed by atoms with Gasteiger partial charge >= 0.3 is 0 Å². The molecule has 4 rings (SSSR count). The number of hydrogen-bond acceptors (Lipinski definition) is 3. The number of ether oxygens (including phenoxy) is 1. The number of nitrogens with one attached hydrogen (secondary N) is 1. The first kappa shape index (κ1) is 17.7. The molecule has 27 heavy (non-hydrogen) atoms. The maximum Gasteiger partial charge on any atom is 0.241 e. The number of carbonyl (C=O) groups is 1. The fraction of sp³-hybridized carbons (Fsp3) is 0.348. The van der Waals surface area contributed by atoms with E-state index in [1.54, 1.807) is 7.11 Å². The van der Waals surface area contributed by atoms with Gasteiger partial charge in [0.15, 0.2) is 0 Å². The van der Waals surface area contributed by atoms with Crippen molar-refractivity contribution in [3.63, 3.8) is 0 Å². The number of benzene rings is 2. The Kier molecular flexibility index (Phi) is 4.02. The lowest BCUT2D eigenvalue weighted by atomic mass is 9.75. The summed E-state index contributed by atoms with van der Waals surface area (Å²) >= 11 is 0. The molecule has 0 aromatic heterocycles. The first-order valence-corrected chi connectivity index (χ1v) is 9.46. The fourth-order valence-electron chi connectivity index (χ4n) is 4.40. The summed E-state index contributed by atoms with van der Waals surface area (Å²) in [7, 11) is 1.67. The van der Waals surface area contributed by atoms with E-state index in [9.17, 15) is 4.79 Å². The molecule has 0 saturated carbocycles. The van der Waals surface area contributed by atoms with Crippen LogP contribution in [0.15, 0.2) is 48.5 Å². The van der Waals surface area contributed by atoms with E-state index in [1.807, 2.05) is 24.3 Å². The van der Waals surface area contributed by atoms with Gasteiger partial charge in [0.1, 0.15) is 11.4 Å². The molecule has 2 aliphatic rings. The van der Waals surface area contributed by atoms with Crippen LogP contribution < -0.4 is 15.0 Å². The summed E-state index contributed by atoms with van der Waals surface area (Å²) in [5, 5.41) is 3.27. The maximum atomic E-state index is 12.4. The summed E-state index contributed by atoms with van der Waals surface area (Å²) in [6.07, 6.45) is 5.22. The Morgan fingerprint density at radius 1 is 1.22 bits per heavy atom. The minimum Gasteiger partial charge on any atom is -0.497 e. The van der Waals surface area contributed by atoms with Crippen molar-refractivity contribution in [3.8, 4) is 5.75 Å². The van der Waals surface area contributed by atoms with Crippen molar-refractivity contribution in [1.82, 2.24) is 5.32 Å². The number of hydrogen-bond donors (Lipinski definition) is 1. The number of carbonyl (C=O) groups excluding carboxylic acids is 1. The van der Waals surface area contributed by atoms with Crippen molar-refractivity contribution in [2.24, 2.45) is 0 Å². The zero-order chi connectivity index (χ0) is 19.2. The predicted octanol–water partition coefficient (Wildman–Crippen LogP) is 3.89. The minimum absolute atomic E-state index is 0.0589. The van der Waals surface area contributed by atoms with Crippen LogP contribution in [0.1, 0.15) is 37.5 Å². The van der Waals surface area contributed by atoms with Gasteiger partial charge in [-0.3, -0.25) is 4.79 Å². The van der Waals surface area contributed by atoms with Crippen LogP contribution in [-0.4, -0.2) is 25.2 Å². The fourth-order valence-corrected chi connectivity index (χ4v) is 4.40. The molecule has 0 bridgehead atoms. The third kappa shape index (κ3) is 2.54. The summed E-state index contributed by atoms with van der Waals surface area (Å²) in [4.78, 5) is 14.6. The molecule has 1 N–H and O–H groups in total. The van der Waals surface area contributed by atoms with E-state index in [0.717, 1.165) is 23.4 Å². The van der Waals surface area contributed by atoms with E-state index < -0.39 is 5.66 Å². The summed E-state index contributed by atoms with van der Waals surface area (Å²) in [6, 6.07) is 14.6. The number of rotatable bonds is 4. The molecule has 0 radical (unpaired) electrons. The van der Waals surface area contributed by atoms with Crippen molar-refractivity contribution < 1.29 is 9.53 Å². The van der Waals surface area contributed by atoms with Gasteiger partial charge in [-0.05, 0) is 47.4 Å². The van der Waals surface area contributed by atoms with Crippen LogP contribution >= 0.6 is 0 Å². The van der Waals surface area contributed by atoms with Crippen molar-refractivity contribution in [1.29, 1.82) is 0 Å². The largest absolute Gasteiger partial charge is 0.497 e. The number of nitrogens with zero attached hydrogens (tertiary/aromatic N) is 1. The number of aryl methyl sites for hydroxylation is 1. The molecular formula is C23H26N2O2. The molecular weight excluding hydrogens is 336 g/mol. The van der Waals surface area contributed by atoms with Crippen molar-refractivity contribution in [2.75, 3.05) is 18.6 Å². The van der Waals surface area contributed by atoms with Gasteiger partial charge in [-0.2, -0.15) is 0 Å². The molecule has 4 heteroatoms. The summed E-state index contributed by atoms with van der Waals surface area (Å²) in [5.41, 5.74) is 3.98. The van der Waals surface area contributed by atoms with Crippen LogP contribution in [0.3, 0.4) is 0 Å². The van der Waals surface area contributed by atoms with Gasteiger partial charge in [-0.1, -0.05) is 51.1 Å². The molecule has 0 spiro atoms. The molecule has 1 unspecified atom stereocenters. The Morgan fingerprint density at radius 2 is 2.04 bits per heavy atom. The van der Waals surface area contributed by atoms with E-state index in [2.05, 4.69) is 61.3 Å². The number of methoxy groups -OCH3 is 1. The standard InChI is InChI=1S/C23H26N2O2/c1-5-16-9-10-20-19(14-16)22(2,3)23(24-21(26)15-25(20)23)12-11-17-7-6-8-18(13-17)27-4/h6-14H,5,15H2,1-4H3,(H,24,26)/b12-11+. The van der Waals surface area contributed by atoms with Crippen molar-refractivity contribution >= 4 is 17.7 Å². The van der Waals surface area contributed by atoms with Crippen LogP contribution in [0.4, 0.5) is 5.69 Å². The van der Waals surface area contributed by atoms with E-state index >= 15 is 0 Å². The average molecular weight is 362 g/mol. The molecule has 1 amide bonds. The molecule has 4 nitrogen and oxygen atoms in total. The minimum atomic E-state index is -0.568. The normalized spacial score (nSPS) is 22.7. The predicted molar refractivity (Wildman–Crippen MR) is 109 cm³/mol. The highest BCUT2D eigenvalue weighted by Crippen LogP contribution is 2.53. The molecule has 1 saturated heterocycles. The number of anilines is 1. The zero-order valence-electron chi connectivity index (χ0n) is 16.4. The smallest absolute Gasteiger partial charge is 0.241 e.